The maximum absolute atomic E-state index is 14.0. The number of pyridine rings is 2. The van der Waals surface area contributed by atoms with Gasteiger partial charge in [-0.2, -0.15) is 0 Å². The Balaban J connectivity index is 1.08. The van der Waals surface area contributed by atoms with Crippen LogP contribution in [0.15, 0.2) is 130 Å². The van der Waals surface area contributed by atoms with Crippen molar-refractivity contribution in [2.45, 2.75) is 29.4 Å². The highest BCUT2D eigenvalue weighted by molar-refractivity contribution is 7.91. The van der Waals surface area contributed by atoms with Crippen LogP contribution in [-0.2, 0) is 16.4 Å². The number of nitrogens with two attached hydrogens (primary N) is 1. The fourth-order valence-electron chi connectivity index (χ4n) is 6.56. The number of hydrogen-bond donors (Lipinski definition) is 6. The summed E-state index contributed by atoms with van der Waals surface area (Å²) in [6, 6.07) is 30.6. The minimum absolute atomic E-state index is 0.0397. The third kappa shape index (κ3) is 7.49. The molecule has 0 aliphatic carbocycles. The second-order valence-corrected chi connectivity index (χ2v) is 15.0. The maximum Gasteiger partial charge on any atom is 0.252 e. The van der Waals surface area contributed by atoms with Gasteiger partial charge < -0.3 is 36.3 Å². The van der Waals surface area contributed by atoms with E-state index in [9.17, 15) is 28.2 Å². The Hall–Kier alpha value is -6.54. The number of phenols is 1. The van der Waals surface area contributed by atoms with Gasteiger partial charge in [0.1, 0.15) is 11.5 Å². The molecule has 0 spiro atoms. The van der Waals surface area contributed by atoms with Crippen LogP contribution in [0.4, 0.5) is 11.4 Å². The predicted molar refractivity (Wildman–Crippen MR) is 212 cm³/mol. The first-order valence-electron chi connectivity index (χ1n) is 17.3. The standard InChI is InChI=1S/C42H37N5O7S/c1-24-18-31(20-34-39(24)45-22-35(42(43)51)40(34)46-28-4-3-5-29(19-28)54-2)55(52,53)30-12-10-27(11-13-30)26-8-6-25(7-9-26)21-44-23-37(49)32-14-16-36(48)41-33(32)15-17-38(50)47-41/h3-20,22,37,44,48-49H,21,23H2,1-2H3,(H2,43,51)(H,45,46)(H,47,50). The van der Waals surface area contributed by atoms with E-state index in [1.807, 2.05) is 24.3 Å². The summed E-state index contributed by atoms with van der Waals surface area (Å²) in [5.41, 5.74) is 11.1. The first-order valence-corrected chi connectivity index (χ1v) is 18.7. The highest BCUT2D eigenvalue weighted by Crippen LogP contribution is 2.35. The first kappa shape index (κ1) is 36.8. The molecule has 0 saturated heterocycles. The molecule has 0 aliphatic rings. The number of primary amides is 1. The lowest BCUT2D eigenvalue weighted by molar-refractivity contribution is 0.100. The van der Waals surface area contributed by atoms with E-state index in [1.165, 1.54) is 24.4 Å². The van der Waals surface area contributed by atoms with E-state index < -0.39 is 21.8 Å². The molecule has 0 saturated carbocycles. The van der Waals surface area contributed by atoms with E-state index in [2.05, 4.69) is 20.6 Å². The van der Waals surface area contributed by atoms with Crippen LogP contribution < -0.4 is 26.7 Å². The largest absolute Gasteiger partial charge is 0.506 e. The number of ether oxygens (including phenoxy) is 1. The molecular weight excluding hydrogens is 719 g/mol. The minimum Gasteiger partial charge on any atom is -0.506 e. The van der Waals surface area contributed by atoms with Gasteiger partial charge in [0.25, 0.3) is 5.91 Å². The van der Waals surface area contributed by atoms with Gasteiger partial charge in [0.2, 0.25) is 15.4 Å². The summed E-state index contributed by atoms with van der Waals surface area (Å²) in [6.07, 6.45) is 0.496. The number of amides is 1. The molecule has 7 rings (SSSR count). The smallest absolute Gasteiger partial charge is 0.252 e. The van der Waals surface area contributed by atoms with E-state index in [0.717, 1.165) is 16.7 Å². The zero-order valence-electron chi connectivity index (χ0n) is 29.8. The normalized spacial score (nSPS) is 12.1. The Morgan fingerprint density at radius 1 is 0.909 bits per heavy atom. The summed E-state index contributed by atoms with van der Waals surface area (Å²) in [7, 11) is -2.45. The van der Waals surface area contributed by atoms with Crippen molar-refractivity contribution in [2.75, 3.05) is 19.0 Å². The number of aromatic hydroxyl groups is 1. The lowest BCUT2D eigenvalue weighted by atomic mass is 10.0. The molecule has 278 valence electrons. The van der Waals surface area contributed by atoms with Crippen molar-refractivity contribution in [2.24, 2.45) is 5.73 Å². The average molecular weight is 756 g/mol. The van der Waals surface area contributed by atoms with Crippen LogP contribution in [0.1, 0.15) is 33.2 Å². The molecule has 5 aromatic carbocycles. The van der Waals surface area contributed by atoms with Crippen LogP contribution in [0.3, 0.4) is 0 Å². The second-order valence-electron chi connectivity index (χ2n) is 13.1. The summed E-state index contributed by atoms with van der Waals surface area (Å²) >= 11 is 0. The van der Waals surface area contributed by atoms with Crippen molar-refractivity contribution >= 4 is 48.9 Å². The molecule has 0 aliphatic heterocycles. The van der Waals surface area contributed by atoms with Crippen LogP contribution >= 0.6 is 0 Å². The Morgan fingerprint density at radius 2 is 1.64 bits per heavy atom. The van der Waals surface area contributed by atoms with Crippen LogP contribution in [0, 0.1) is 6.92 Å². The number of anilines is 2. The SMILES string of the molecule is COc1cccc(Nc2c(C(N)=O)cnc3c(C)cc(S(=O)(=O)c4ccc(-c5ccc(CNCC(O)c6ccc(O)c7[nH]c(=O)ccc67)cc5)cc4)cc23)c1. The molecule has 12 nitrogen and oxygen atoms in total. The minimum atomic E-state index is -3.99. The molecule has 2 aromatic heterocycles. The van der Waals surface area contributed by atoms with E-state index in [4.69, 9.17) is 10.5 Å². The summed E-state index contributed by atoms with van der Waals surface area (Å²) < 4.78 is 33.4. The van der Waals surface area contributed by atoms with Gasteiger partial charge in [-0.25, -0.2) is 8.42 Å². The van der Waals surface area contributed by atoms with Gasteiger partial charge in [-0.15, -0.1) is 0 Å². The van der Waals surface area contributed by atoms with Crippen molar-refractivity contribution in [1.82, 2.24) is 15.3 Å². The molecule has 13 heteroatoms. The lowest BCUT2D eigenvalue weighted by Crippen LogP contribution is -2.21. The summed E-state index contributed by atoms with van der Waals surface area (Å²) in [5.74, 6) is -0.195. The number of H-pyrrole nitrogens is 1. The number of phenolic OH excluding ortho intramolecular Hbond substituents is 1. The fraction of sp³-hybridized carbons (Fsp3) is 0.119. The number of hydrogen-bond acceptors (Lipinski definition) is 10. The van der Waals surface area contributed by atoms with Crippen molar-refractivity contribution in [1.29, 1.82) is 0 Å². The molecule has 7 N–H and O–H groups in total. The Bertz CT molecular complexity index is 2750. The Kier molecular flexibility index (Phi) is 10.1. The number of fused-ring (bicyclic) bond motifs is 2. The molecular formula is C42H37N5O7S. The number of aromatic nitrogens is 2. The lowest BCUT2D eigenvalue weighted by Gasteiger charge is -2.16. The first-order chi connectivity index (χ1) is 26.4. The van der Waals surface area contributed by atoms with E-state index in [1.54, 1.807) is 80.8 Å². The van der Waals surface area contributed by atoms with Gasteiger partial charge in [-0.1, -0.05) is 48.5 Å². The molecule has 55 heavy (non-hydrogen) atoms. The molecule has 1 atom stereocenters. The summed E-state index contributed by atoms with van der Waals surface area (Å²) in [6.45, 7) is 2.47. The van der Waals surface area contributed by atoms with Crippen LogP contribution in [-0.4, -0.2) is 48.2 Å². The molecule has 0 bridgehead atoms. The third-order valence-corrected chi connectivity index (χ3v) is 11.2. The number of aliphatic hydroxyl groups excluding tert-OH is 1. The zero-order valence-corrected chi connectivity index (χ0v) is 30.6. The number of benzene rings is 5. The predicted octanol–water partition coefficient (Wildman–Crippen LogP) is 6.26. The van der Waals surface area contributed by atoms with Crippen LogP contribution in [0.2, 0.25) is 0 Å². The Morgan fingerprint density at radius 3 is 2.35 bits per heavy atom. The topological polar surface area (TPSA) is 197 Å². The fourth-order valence-corrected chi connectivity index (χ4v) is 7.93. The number of carbonyl (C=O) groups is 1. The van der Waals surface area contributed by atoms with Gasteiger partial charge >= 0.3 is 0 Å². The number of nitrogens with zero attached hydrogens (tertiary/aromatic N) is 1. The van der Waals surface area contributed by atoms with Crippen LogP contribution in [0.5, 0.6) is 11.5 Å². The van der Waals surface area contributed by atoms with Crippen molar-refractivity contribution in [3.63, 3.8) is 0 Å². The summed E-state index contributed by atoms with van der Waals surface area (Å²) in [5, 5.41) is 28.5. The quantitative estimate of drug-likeness (QED) is 0.0828. The molecule has 2 heterocycles. The number of rotatable bonds is 12. The monoisotopic (exact) mass is 755 g/mol. The Labute approximate surface area is 316 Å². The third-order valence-electron chi connectivity index (χ3n) is 9.43. The molecule has 1 amide bonds. The van der Waals surface area contributed by atoms with Gasteiger partial charge in [-0.05, 0) is 83.3 Å². The van der Waals surface area contributed by atoms with Crippen molar-refractivity contribution in [3.05, 3.63) is 148 Å². The molecule has 0 radical (unpaired) electrons. The maximum atomic E-state index is 14.0. The highest BCUT2D eigenvalue weighted by Gasteiger charge is 2.23. The van der Waals surface area contributed by atoms with Gasteiger partial charge in [0.15, 0.2) is 0 Å². The van der Waals surface area contributed by atoms with Gasteiger partial charge in [0, 0.05) is 47.9 Å². The van der Waals surface area contributed by atoms with Crippen molar-refractivity contribution < 1.29 is 28.2 Å². The van der Waals surface area contributed by atoms with Crippen LogP contribution in [0.25, 0.3) is 32.9 Å². The second kappa shape index (κ2) is 15.1. The molecule has 0 fully saturated rings. The molecule has 7 aromatic rings. The van der Waals surface area contributed by atoms with Crippen molar-refractivity contribution in [3.8, 4) is 22.6 Å². The number of nitrogens with one attached hydrogen (secondary N) is 3. The number of sulfone groups is 1. The molecule has 1 unspecified atom stereocenters. The number of aryl methyl sites for hydroxylation is 1. The highest BCUT2D eigenvalue weighted by atomic mass is 32.2. The number of aromatic amines is 1. The number of methoxy groups -OCH3 is 1. The van der Waals surface area contributed by atoms with E-state index in [0.29, 0.717) is 51.1 Å². The van der Waals surface area contributed by atoms with Gasteiger partial charge in [0.05, 0.1) is 45.3 Å². The number of aliphatic hydroxyl groups is 1. The number of carbonyl (C=O) groups excluding carboxylic acids is 1. The van der Waals surface area contributed by atoms with E-state index >= 15 is 0 Å². The van der Waals surface area contributed by atoms with Gasteiger partial charge in [-0.3, -0.25) is 14.6 Å². The zero-order chi connectivity index (χ0) is 38.9. The summed E-state index contributed by atoms with van der Waals surface area (Å²) in [4.78, 5) is 31.4. The van der Waals surface area contributed by atoms with E-state index in [-0.39, 0.29) is 38.7 Å². The average Bonchev–Trinajstić information content (AvgIpc) is 3.18.